The number of thioether (sulfide) groups is 1. The topological polar surface area (TPSA) is 21.3 Å². The van der Waals surface area contributed by atoms with Crippen molar-refractivity contribution in [2.45, 2.75) is 24.6 Å². The zero-order valence-corrected chi connectivity index (χ0v) is 9.64. The summed E-state index contributed by atoms with van der Waals surface area (Å²) < 4.78 is 5.52. The standard InChI is InChI=1S/C12H15NOS/c1-8-12(15-7-13-8)10-2-3-11-9(6-10)4-5-14-11/h2-3,6,8,12-13H,4-5,7H2,1H3. The highest BCUT2D eigenvalue weighted by atomic mass is 32.2. The minimum atomic E-state index is 0.579. The first-order chi connectivity index (χ1) is 7.34. The molecular formula is C12H15NOS. The van der Waals surface area contributed by atoms with E-state index in [0.29, 0.717) is 11.3 Å². The van der Waals surface area contributed by atoms with Gasteiger partial charge in [0.2, 0.25) is 0 Å². The van der Waals surface area contributed by atoms with Crippen molar-refractivity contribution >= 4 is 11.8 Å². The Kier molecular flexibility index (Phi) is 2.37. The molecule has 0 aliphatic carbocycles. The van der Waals surface area contributed by atoms with E-state index in [0.717, 1.165) is 24.7 Å². The van der Waals surface area contributed by atoms with Crippen LogP contribution in [0.4, 0.5) is 0 Å². The molecule has 1 fully saturated rings. The third kappa shape index (κ3) is 1.64. The SMILES string of the molecule is CC1NCSC1c1ccc2c(c1)CCO2. The number of benzene rings is 1. The molecule has 2 heterocycles. The number of rotatable bonds is 1. The molecule has 2 aliphatic heterocycles. The number of hydrogen-bond donors (Lipinski definition) is 1. The van der Waals surface area contributed by atoms with E-state index in [4.69, 9.17) is 4.74 Å². The molecule has 2 atom stereocenters. The van der Waals surface area contributed by atoms with Crippen molar-refractivity contribution in [3.8, 4) is 5.75 Å². The highest BCUT2D eigenvalue weighted by molar-refractivity contribution is 7.99. The second-order valence-corrected chi connectivity index (χ2v) is 5.32. The molecule has 1 aromatic carbocycles. The maximum absolute atomic E-state index is 5.52. The highest BCUT2D eigenvalue weighted by Gasteiger charge is 2.26. The van der Waals surface area contributed by atoms with Crippen LogP contribution in [0.1, 0.15) is 23.3 Å². The van der Waals surface area contributed by atoms with E-state index in [-0.39, 0.29) is 0 Å². The predicted octanol–water partition coefficient (Wildman–Crippen LogP) is 2.34. The fraction of sp³-hybridized carbons (Fsp3) is 0.500. The summed E-state index contributed by atoms with van der Waals surface area (Å²) in [5.74, 6) is 2.15. The van der Waals surface area contributed by atoms with Gasteiger partial charge in [-0.05, 0) is 24.1 Å². The summed E-state index contributed by atoms with van der Waals surface area (Å²) in [6.45, 7) is 3.11. The molecule has 3 rings (SSSR count). The molecule has 2 unspecified atom stereocenters. The molecule has 0 radical (unpaired) electrons. The maximum Gasteiger partial charge on any atom is 0.122 e. The Hall–Kier alpha value is -0.670. The Morgan fingerprint density at radius 2 is 2.40 bits per heavy atom. The van der Waals surface area contributed by atoms with Crippen molar-refractivity contribution in [2.75, 3.05) is 12.5 Å². The smallest absolute Gasteiger partial charge is 0.122 e. The van der Waals surface area contributed by atoms with Gasteiger partial charge in [-0.2, -0.15) is 0 Å². The summed E-state index contributed by atoms with van der Waals surface area (Å²) in [6.07, 6.45) is 1.07. The van der Waals surface area contributed by atoms with Gasteiger partial charge >= 0.3 is 0 Å². The Morgan fingerprint density at radius 1 is 1.47 bits per heavy atom. The van der Waals surface area contributed by atoms with Gasteiger partial charge in [0.05, 0.1) is 6.61 Å². The van der Waals surface area contributed by atoms with Gasteiger partial charge in [0.15, 0.2) is 0 Å². The van der Waals surface area contributed by atoms with Crippen LogP contribution in [0.5, 0.6) is 5.75 Å². The molecule has 2 nitrogen and oxygen atoms in total. The van der Waals surface area contributed by atoms with Crippen molar-refractivity contribution in [1.82, 2.24) is 5.32 Å². The zero-order valence-electron chi connectivity index (χ0n) is 8.82. The van der Waals surface area contributed by atoms with Crippen LogP contribution in [0.15, 0.2) is 18.2 Å². The molecular weight excluding hydrogens is 206 g/mol. The third-order valence-electron chi connectivity index (χ3n) is 3.16. The summed E-state index contributed by atoms with van der Waals surface area (Å²) >= 11 is 2.00. The summed E-state index contributed by atoms with van der Waals surface area (Å²) in [7, 11) is 0. The van der Waals surface area contributed by atoms with E-state index < -0.39 is 0 Å². The molecule has 0 spiro atoms. The molecule has 80 valence electrons. The van der Waals surface area contributed by atoms with Gasteiger partial charge in [0.1, 0.15) is 5.75 Å². The first-order valence-corrected chi connectivity index (χ1v) is 6.50. The minimum Gasteiger partial charge on any atom is -0.493 e. The first kappa shape index (κ1) is 9.55. The number of nitrogens with one attached hydrogen (secondary N) is 1. The van der Waals surface area contributed by atoms with Crippen LogP contribution < -0.4 is 10.1 Å². The second kappa shape index (κ2) is 3.72. The van der Waals surface area contributed by atoms with E-state index in [2.05, 4.69) is 30.4 Å². The molecule has 0 amide bonds. The van der Waals surface area contributed by atoms with E-state index >= 15 is 0 Å². The molecule has 15 heavy (non-hydrogen) atoms. The Bertz CT molecular complexity index is 380. The van der Waals surface area contributed by atoms with Crippen LogP contribution in [0.25, 0.3) is 0 Å². The van der Waals surface area contributed by atoms with Crippen LogP contribution in [0.3, 0.4) is 0 Å². The van der Waals surface area contributed by atoms with Crippen molar-refractivity contribution in [3.63, 3.8) is 0 Å². The normalized spacial score (nSPS) is 28.9. The largest absolute Gasteiger partial charge is 0.493 e. The summed E-state index contributed by atoms with van der Waals surface area (Å²) in [6, 6.07) is 7.24. The lowest BCUT2D eigenvalue weighted by molar-refractivity contribution is 0.357. The molecule has 1 N–H and O–H groups in total. The van der Waals surface area contributed by atoms with Gasteiger partial charge in [0.25, 0.3) is 0 Å². The van der Waals surface area contributed by atoms with Crippen molar-refractivity contribution in [2.24, 2.45) is 0 Å². The van der Waals surface area contributed by atoms with E-state index in [1.165, 1.54) is 11.1 Å². The van der Waals surface area contributed by atoms with Crippen molar-refractivity contribution in [1.29, 1.82) is 0 Å². The first-order valence-electron chi connectivity index (χ1n) is 5.45. The molecule has 1 saturated heterocycles. The molecule has 1 aromatic rings. The van der Waals surface area contributed by atoms with Crippen molar-refractivity contribution in [3.05, 3.63) is 29.3 Å². The summed E-state index contributed by atoms with van der Waals surface area (Å²) in [4.78, 5) is 0. The zero-order chi connectivity index (χ0) is 10.3. The van der Waals surface area contributed by atoms with Crippen molar-refractivity contribution < 1.29 is 4.74 Å². The Morgan fingerprint density at radius 3 is 3.20 bits per heavy atom. The third-order valence-corrected chi connectivity index (χ3v) is 4.54. The number of fused-ring (bicyclic) bond motifs is 1. The molecule has 0 bridgehead atoms. The Labute approximate surface area is 94.4 Å². The lowest BCUT2D eigenvalue weighted by atomic mass is 10.0. The monoisotopic (exact) mass is 221 g/mol. The molecule has 0 saturated carbocycles. The van der Waals surface area contributed by atoms with Gasteiger partial charge < -0.3 is 10.1 Å². The van der Waals surface area contributed by atoms with Crippen LogP contribution in [-0.2, 0) is 6.42 Å². The number of ether oxygens (including phenoxy) is 1. The molecule has 3 heteroatoms. The minimum absolute atomic E-state index is 0.579. The van der Waals surface area contributed by atoms with Crippen LogP contribution in [-0.4, -0.2) is 18.5 Å². The molecule has 0 aromatic heterocycles. The quantitative estimate of drug-likeness (QED) is 0.786. The maximum atomic E-state index is 5.52. The summed E-state index contributed by atoms with van der Waals surface area (Å²) in [5.41, 5.74) is 2.83. The molecule has 2 aliphatic rings. The van der Waals surface area contributed by atoms with E-state index in [1.807, 2.05) is 11.8 Å². The van der Waals surface area contributed by atoms with Crippen LogP contribution in [0.2, 0.25) is 0 Å². The van der Waals surface area contributed by atoms with Gasteiger partial charge in [-0.3, -0.25) is 0 Å². The lowest BCUT2D eigenvalue weighted by Crippen LogP contribution is -2.21. The van der Waals surface area contributed by atoms with Gasteiger partial charge in [0, 0.05) is 23.6 Å². The van der Waals surface area contributed by atoms with Crippen LogP contribution in [0, 0.1) is 0 Å². The predicted molar refractivity (Wildman–Crippen MR) is 63.4 cm³/mol. The lowest BCUT2D eigenvalue weighted by Gasteiger charge is -2.15. The average molecular weight is 221 g/mol. The highest BCUT2D eigenvalue weighted by Crippen LogP contribution is 2.38. The average Bonchev–Trinajstić information content (AvgIpc) is 2.84. The van der Waals surface area contributed by atoms with Gasteiger partial charge in [-0.25, -0.2) is 0 Å². The van der Waals surface area contributed by atoms with Gasteiger partial charge in [-0.1, -0.05) is 12.1 Å². The van der Waals surface area contributed by atoms with E-state index in [9.17, 15) is 0 Å². The van der Waals surface area contributed by atoms with Gasteiger partial charge in [-0.15, -0.1) is 11.8 Å². The summed E-state index contributed by atoms with van der Waals surface area (Å²) in [5, 5.41) is 4.07. The van der Waals surface area contributed by atoms with E-state index in [1.54, 1.807) is 0 Å². The fourth-order valence-electron chi connectivity index (χ4n) is 2.29. The Balaban J connectivity index is 1.92. The van der Waals surface area contributed by atoms with Crippen LogP contribution >= 0.6 is 11.8 Å². The fourth-order valence-corrected chi connectivity index (χ4v) is 3.55. The number of hydrogen-bond acceptors (Lipinski definition) is 3. The second-order valence-electron chi connectivity index (χ2n) is 4.19.